The number of carbonyl (C=O) groups excluding carboxylic acids is 1. The van der Waals surface area contributed by atoms with Gasteiger partial charge in [-0.05, 0) is 39.7 Å². The lowest BCUT2D eigenvalue weighted by Gasteiger charge is -2.09. The van der Waals surface area contributed by atoms with Crippen molar-refractivity contribution in [2.24, 2.45) is 0 Å². The van der Waals surface area contributed by atoms with Gasteiger partial charge in [0.05, 0.1) is 5.56 Å². The molecule has 0 aliphatic carbocycles. The third-order valence-electron chi connectivity index (χ3n) is 4.39. The van der Waals surface area contributed by atoms with Gasteiger partial charge < -0.3 is 5.11 Å². The molecule has 1 N–H and O–H groups in total. The topological polar surface area (TPSA) is 54.4 Å². The summed E-state index contributed by atoms with van der Waals surface area (Å²) in [5.74, 6) is -1.38. The van der Waals surface area contributed by atoms with Gasteiger partial charge in [0.2, 0.25) is 0 Å². The lowest BCUT2D eigenvalue weighted by atomic mass is 9.93. The van der Waals surface area contributed by atoms with Crippen LogP contribution in [-0.2, 0) is 0 Å². The molecule has 0 fully saturated rings. The zero-order valence-corrected chi connectivity index (χ0v) is 13.3. The van der Waals surface area contributed by atoms with E-state index in [1.54, 1.807) is 24.3 Å². The molecule has 0 aliphatic rings. The molecule has 0 aromatic heterocycles. The molecule has 0 saturated carbocycles. The zero-order valence-electron chi connectivity index (χ0n) is 13.3. The molecule has 4 aromatic carbocycles. The fourth-order valence-electron chi connectivity index (χ4n) is 3.18. The summed E-state index contributed by atoms with van der Waals surface area (Å²) >= 11 is 0. The van der Waals surface area contributed by atoms with Gasteiger partial charge in [0.15, 0.2) is 5.78 Å². The standard InChI is InChI=1S/C22H14O3/c23-21(17-9-3-4-10-19(17)22(24)25)18-11-5-8-16-12-14-6-1-2-7-15(14)13-20(16)18/h1-13H,(H,24,25). The summed E-state index contributed by atoms with van der Waals surface area (Å²) in [4.78, 5) is 24.5. The van der Waals surface area contributed by atoms with Gasteiger partial charge in [-0.3, -0.25) is 4.79 Å². The van der Waals surface area contributed by atoms with Crippen molar-refractivity contribution in [2.75, 3.05) is 0 Å². The Labute approximate surface area is 144 Å². The van der Waals surface area contributed by atoms with E-state index in [0.717, 1.165) is 21.5 Å². The summed E-state index contributed by atoms with van der Waals surface area (Å²) in [5.41, 5.74) is 0.734. The number of hydrogen-bond donors (Lipinski definition) is 1. The van der Waals surface area contributed by atoms with Crippen molar-refractivity contribution in [1.29, 1.82) is 0 Å². The van der Waals surface area contributed by atoms with Crippen molar-refractivity contribution in [3.05, 3.63) is 95.6 Å². The van der Waals surface area contributed by atoms with Crippen LogP contribution < -0.4 is 0 Å². The molecule has 0 radical (unpaired) electrons. The highest BCUT2D eigenvalue weighted by Gasteiger charge is 2.19. The third-order valence-corrected chi connectivity index (χ3v) is 4.39. The lowest BCUT2D eigenvalue weighted by Crippen LogP contribution is -2.09. The molecule has 25 heavy (non-hydrogen) atoms. The predicted octanol–water partition coefficient (Wildman–Crippen LogP) is 4.92. The minimum Gasteiger partial charge on any atom is -0.478 e. The van der Waals surface area contributed by atoms with Crippen molar-refractivity contribution in [3.8, 4) is 0 Å². The molecular formula is C22H14O3. The largest absolute Gasteiger partial charge is 0.478 e. The first-order chi connectivity index (χ1) is 12.1. The van der Waals surface area contributed by atoms with Crippen LogP contribution in [-0.4, -0.2) is 16.9 Å². The van der Waals surface area contributed by atoms with Crippen molar-refractivity contribution in [2.45, 2.75) is 0 Å². The summed E-state index contributed by atoms with van der Waals surface area (Å²) < 4.78 is 0. The normalized spacial score (nSPS) is 10.9. The molecule has 0 aliphatic heterocycles. The number of aromatic carboxylic acids is 1. The molecule has 0 amide bonds. The molecule has 0 heterocycles. The summed E-state index contributed by atoms with van der Waals surface area (Å²) in [5, 5.41) is 13.3. The van der Waals surface area contributed by atoms with Gasteiger partial charge in [0.1, 0.15) is 0 Å². The molecule has 3 nitrogen and oxygen atoms in total. The number of ketones is 1. The van der Waals surface area contributed by atoms with Crippen molar-refractivity contribution < 1.29 is 14.7 Å². The van der Waals surface area contributed by atoms with Crippen LogP contribution in [0.25, 0.3) is 21.5 Å². The van der Waals surface area contributed by atoms with E-state index in [2.05, 4.69) is 0 Å². The van der Waals surface area contributed by atoms with E-state index in [0.29, 0.717) is 5.56 Å². The van der Waals surface area contributed by atoms with Crippen LogP contribution in [0.1, 0.15) is 26.3 Å². The van der Waals surface area contributed by atoms with Gasteiger partial charge in [-0.15, -0.1) is 0 Å². The Morgan fingerprint density at radius 1 is 0.600 bits per heavy atom. The first-order valence-corrected chi connectivity index (χ1v) is 7.94. The first-order valence-electron chi connectivity index (χ1n) is 7.94. The molecular weight excluding hydrogens is 312 g/mol. The van der Waals surface area contributed by atoms with E-state index in [4.69, 9.17) is 0 Å². The molecule has 3 heteroatoms. The van der Waals surface area contributed by atoms with E-state index in [1.165, 1.54) is 6.07 Å². The number of carboxylic acid groups (broad SMARTS) is 1. The van der Waals surface area contributed by atoms with E-state index >= 15 is 0 Å². The van der Waals surface area contributed by atoms with Crippen molar-refractivity contribution in [1.82, 2.24) is 0 Å². The molecule has 4 aromatic rings. The quantitative estimate of drug-likeness (QED) is 0.429. The fraction of sp³-hybridized carbons (Fsp3) is 0. The molecule has 4 rings (SSSR count). The summed E-state index contributed by atoms with van der Waals surface area (Å²) in [7, 11) is 0. The highest BCUT2D eigenvalue weighted by molar-refractivity contribution is 6.20. The number of carbonyl (C=O) groups is 2. The Morgan fingerprint density at radius 2 is 1.16 bits per heavy atom. The number of rotatable bonds is 3. The lowest BCUT2D eigenvalue weighted by molar-refractivity contribution is 0.0693. The third kappa shape index (κ3) is 2.56. The highest BCUT2D eigenvalue weighted by atomic mass is 16.4. The average molecular weight is 326 g/mol. The van der Waals surface area contributed by atoms with Gasteiger partial charge in [-0.1, -0.05) is 60.7 Å². The molecule has 0 atom stereocenters. The van der Waals surface area contributed by atoms with Gasteiger partial charge in [-0.25, -0.2) is 4.79 Å². The van der Waals surface area contributed by atoms with Gasteiger partial charge in [-0.2, -0.15) is 0 Å². The Hall–Kier alpha value is -3.46. The maximum Gasteiger partial charge on any atom is 0.336 e. The van der Waals surface area contributed by atoms with E-state index < -0.39 is 5.97 Å². The number of carboxylic acids is 1. The van der Waals surface area contributed by atoms with Crippen LogP contribution >= 0.6 is 0 Å². The van der Waals surface area contributed by atoms with E-state index in [1.807, 2.05) is 48.5 Å². The van der Waals surface area contributed by atoms with Crippen LogP contribution in [0.4, 0.5) is 0 Å². The smallest absolute Gasteiger partial charge is 0.336 e. The molecule has 120 valence electrons. The SMILES string of the molecule is O=C(O)c1ccccc1C(=O)c1cccc2cc3ccccc3cc12. The van der Waals surface area contributed by atoms with Gasteiger partial charge in [0.25, 0.3) is 0 Å². The van der Waals surface area contributed by atoms with Crippen LogP contribution in [0.2, 0.25) is 0 Å². The Kier molecular flexibility index (Phi) is 3.55. The Morgan fingerprint density at radius 3 is 1.88 bits per heavy atom. The molecule has 0 spiro atoms. The first kappa shape index (κ1) is 15.1. The molecule has 0 bridgehead atoms. The highest BCUT2D eigenvalue weighted by Crippen LogP contribution is 2.27. The molecule has 0 saturated heterocycles. The second-order valence-electron chi connectivity index (χ2n) is 5.91. The average Bonchev–Trinajstić information content (AvgIpc) is 2.65. The van der Waals surface area contributed by atoms with E-state index in [9.17, 15) is 14.7 Å². The number of hydrogen-bond acceptors (Lipinski definition) is 2. The van der Waals surface area contributed by atoms with Gasteiger partial charge >= 0.3 is 5.97 Å². The predicted molar refractivity (Wildman–Crippen MR) is 98.3 cm³/mol. The monoisotopic (exact) mass is 326 g/mol. The summed E-state index contributed by atoms with van der Waals surface area (Å²) in [6, 6.07) is 23.9. The summed E-state index contributed by atoms with van der Waals surface area (Å²) in [6.07, 6.45) is 0. The zero-order chi connectivity index (χ0) is 17.4. The maximum absolute atomic E-state index is 13.1. The Balaban J connectivity index is 1.96. The van der Waals surface area contributed by atoms with E-state index in [-0.39, 0.29) is 16.9 Å². The van der Waals surface area contributed by atoms with Crippen LogP contribution in [0, 0.1) is 0 Å². The number of benzene rings is 4. The summed E-state index contributed by atoms with van der Waals surface area (Å²) in [6.45, 7) is 0. The second-order valence-corrected chi connectivity index (χ2v) is 5.91. The van der Waals surface area contributed by atoms with Crippen molar-refractivity contribution in [3.63, 3.8) is 0 Å². The number of fused-ring (bicyclic) bond motifs is 2. The van der Waals surface area contributed by atoms with Crippen LogP contribution in [0.15, 0.2) is 78.9 Å². The molecule has 0 unspecified atom stereocenters. The van der Waals surface area contributed by atoms with Crippen LogP contribution in [0.3, 0.4) is 0 Å². The Bertz CT molecular complexity index is 1140. The van der Waals surface area contributed by atoms with Crippen molar-refractivity contribution >= 4 is 33.3 Å². The second kappa shape index (κ2) is 5.87. The van der Waals surface area contributed by atoms with Crippen LogP contribution in [0.5, 0.6) is 0 Å². The minimum atomic E-state index is -1.10. The minimum absolute atomic E-state index is 0.0188. The fourth-order valence-corrected chi connectivity index (χ4v) is 3.18. The van der Waals surface area contributed by atoms with Gasteiger partial charge in [0, 0.05) is 11.1 Å². The maximum atomic E-state index is 13.1.